The molecule has 3 fully saturated rings. The van der Waals surface area contributed by atoms with Gasteiger partial charge in [-0.05, 0) is 25.0 Å². The van der Waals surface area contributed by atoms with E-state index < -0.39 is 0 Å². The summed E-state index contributed by atoms with van der Waals surface area (Å²) >= 11 is 0. The standard InChI is InChI=1S/C18H22N4O3/c1-19-17(24)12-7-15(23)22(8-12)13-9-21(10-13)18(25)14-3-2-6-20-16(14)11-4-5-11/h2-3,6,11-13H,4-5,7-10H2,1H3,(H,19,24). The fourth-order valence-electron chi connectivity index (χ4n) is 3.73. The van der Waals surface area contributed by atoms with Crippen LogP contribution in [0.3, 0.4) is 0 Å². The van der Waals surface area contributed by atoms with Gasteiger partial charge in [-0.1, -0.05) is 0 Å². The Morgan fingerprint density at radius 3 is 2.68 bits per heavy atom. The summed E-state index contributed by atoms with van der Waals surface area (Å²) in [6, 6.07) is 3.67. The van der Waals surface area contributed by atoms with Crippen LogP contribution < -0.4 is 5.32 Å². The molecule has 1 saturated carbocycles. The SMILES string of the molecule is CNC(=O)C1CC(=O)N(C2CN(C(=O)c3cccnc3C3CC3)C2)C1. The number of nitrogens with zero attached hydrogens (tertiary/aromatic N) is 3. The van der Waals surface area contributed by atoms with E-state index in [4.69, 9.17) is 0 Å². The van der Waals surface area contributed by atoms with Crippen molar-refractivity contribution in [2.75, 3.05) is 26.7 Å². The van der Waals surface area contributed by atoms with Gasteiger partial charge in [0, 0.05) is 45.2 Å². The first-order valence-corrected chi connectivity index (χ1v) is 8.83. The Balaban J connectivity index is 1.38. The zero-order valence-corrected chi connectivity index (χ0v) is 14.3. The molecule has 0 bridgehead atoms. The zero-order chi connectivity index (χ0) is 17.6. The van der Waals surface area contributed by atoms with Crippen molar-refractivity contribution >= 4 is 17.7 Å². The molecular weight excluding hydrogens is 320 g/mol. The van der Waals surface area contributed by atoms with Crippen LogP contribution in [-0.2, 0) is 9.59 Å². The van der Waals surface area contributed by atoms with Gasteiger partial charge < -0.3 is 15.1 Å². The predicted octanol–water partition coefficient (Wildman–Crippen LogP) is 0.378. The third-order valence-corrected chi connectivity index (χ3v) is 5.40. The normalized spacial score (nSPS) is 23.6. The maximum Gasteiger partial charge on any atom is 0.255 e. The molecule has 2 saturated heterocycles. The molecule has 3 amide bonds. The lowest BCUT2D eigenvalue weighted by atomic mass is 10.0. The van der Waals surface area contributed by atoms with Gasteiger partial charge in [0.2, 0.25) is 11.8 Å². The van der Waals surface area contributed by atoms with Gasteiger partial charge in [0.15, 0.2) is 0 Å². The molecule has 1 N–H and O–H groups in total. The fraction of sp³-hybridized carbons (Fsp3) is 0.556. The van der Waals surface area contributed by atoms with Crippen molar-refractivity contribution in [2.24, 2.45) is 5.92 Å². The van der Waals surface area contributed by atoms with E-state index in [2.05, 4.69) is 10.3 Å². The Kier molecular flexibility index (Phi) is 3.94. The summed E-state index contributed by atoms with van der Waals surface area (Å²) < 4.78 is 0. The molecule has 0 spiro atoms. The highest BCUT2D eigenvalue weighted by Gasteiger charge is 2.44. The highest BCUT2D eigenvalue weighted by Crippen LogP contribution is 2.41. The fourth-order valence-corrected chi connectivity index (χ4v) is 3.73. The van der Waals surface area contributed by atoms with Gasteiger partial charge in [-0.2, -0.15) is 0 Å². The molecule has 0 aromatic carbocycles. The minimum Gasteiger partial charge on any atom is -0.359 e. The predicted molar refractivity (Wildman–Crippen MR) is 89.8 cm³/mol. The lowest BCUT2D eigenvalue weighted by molar-refractivity contribution is -0.132. The average Bonchev–Trinajstić information content (AvgIpc) is 3.36. The second-order valence-corrected chi connectivity index (χ2v) is 7.14. The van der Waals surface area contributed by atoms with Crippen LogP contribution in [0.15, 0.2) is 18.3 Å². The van der Waals surface area contributed by atoms with Gasteiger partial charge in [-0.15, -0.1) is 0 Å². The summed E-state index contributed by atoms with van der Waals surface area (Å²) in [5.74, 6) is 0.0618. The Labute approximate surface area is 146 Å². The Morgan fingerprint density at radius 1 is 1.24 bits per heavy atom. The van der Waals surface area contributed by atoms with Crippen LogP contribution in [0.2, 0.25) is 0 Å². The lowest BCUT2D eigenvalue weighted by Gasteiger charge is -2.44. The van der Waals surface area contributed by atoms with Crippen molar-refractivity contribution in [3.8, 4) is 0 Å². The van der Waals surface area contributed by atoms with Crippen molar-refractivity contribution < 1.29 is 14.4 Å². The maximum absolute atomic E-state index is 12.8. The second kappa shape index (κ2) is 6.13. The number of carbonyl (C=O) groups excluding carboxylic acids is 3. The Hall–Kier alpha value is -2.44. The minimum absolute atomic E-state index is 0.000692. The van der Waals surface area contributed by atoms with Crippen molar-refractivity contribution in [3.63, 3.8) is 0 Å². The summed E-state index contributed by atoms with van der Waals surface area (Å²) in [4.78, 5) is 44.6. The van der Waals surface area contributed by atoms with Gasteiger partial charge in [0.05, 0.1) is 23.2 Å². The van der Waals surface area contributed by atoms with E-state index in [1.807, 2.05) is 6.07 Å². The molecule has 1 aromatic rings. The zero-order valence-electron chi connectivity index (χ0n) is 14.3. The molecule has 132 valence electrons. The first-order valence-electron chi connectivity index (χ1n) is 8.83. The third-order valence-electron chi connectivity index (χ3n) is 5.40. The molecule has 4 rings (SSSR count). The third kappa shape index (κ3) is 2.88. The van der Waals surface area contributed by atoms with Crippen LogP contribution in [0, 0.1) is 5.92 Å². The molecule has 1 aliphatic carbocycles. The highest BCUT2D eigenvalue weighted by atomic mass is 16.2. The molecule has 3 heterocycles. The minimum atomic E-state index is -0.276. The molecule has 1 aromatic heterocycles. The van der Waals surface area contributed by atoms with Gasteiger partial charge in [-0.25, -0.2) is 0 Å². The van der Waals surface area contributed by atoms with E-state index in [0.29, 0.717) is 31.1 Å². The summed E-state index contributed by atoms with van der Waals surface area (Å²) in [7, 11) is 1.59. The first-order chi connectivity index (χ1) is 12.1. The van der Waals surface area contributed by atoms with Crippen LogP contribution in [0.5, 0.6) is 0 Å². The largest absolute Gasteiger partial charge is 0.359 e. The van der Waals surface area contributed by atoms with Gasteiger partial charge in [0.25, 0.3) is 5.91 Å². The highest BCUT2D eigenvalue weighted by molar-refractivity contribution is 5.96. The molecule has 7 heteroatoms. The number of nitrogens with one attached hydrogen (secondary N) is 1. The molecule has 7 nitrogen and oxygen atoms in total. The van der Waals surface area contributed by atoms with E-state index in [9.17, 15) is 14.4 Å². The number of aromatic nitrogens is 1. The molecule has 1 atom stereocenters. The van der Waals surface area contributed by atoms with Crippen molar-refractivity contribution in [1.29, 1.82) is 0 Å². The van der Waals surface area contributed by atoms with E-state index in [0.717, 1.165) is 18.5 Å². The van der Waals surface area contributed by atoms with Crippen molar-refractivity contribution in [2.45, 2.75) is 31.2 Å². The number of hydrogen-bond acceptors (Lipinski definition) is 4. The van der Waals surface area contributed by atoms with E-state index >= 15 is 0 Å². The molecule has 2 aliphatic heterocycles. The second-order valence-electron chi connectivity index (χ2n) is 7.14. The monoisotopic (exact) mass is 342 g/mol. The van der Waals surface area contributed by atoms with E-state index in [-0.39, 0.29) is 36.1 Å². The summed E-state index contributed by atoms with van der Waals surface area (Å²) in [5.41, 5.74) is 1.60. The molecule has 25 heavy (non-hydrogen) atoms. The first kappa shape index (κ1) is 16.1. The number of hydrogen-bond donors (Lipinski definition) is 1. The summed E-state index contributed by atoms with van der Waals surface area (Å²) in [6.45, 7) is 1.51. The van der Waals surface area contributed by atoms with Crippen molar-refractivity contribution in [3.05, 3.63) is 29.6 Å². The van der Waals surface area contributed by atoms with Gasteiger partial charge >= 0.3 is 0 Å². The summed E-state index contributed by atoms with van der Waals surface area (Å²) in [6.07, 6.45) is 4.20. The van der Waals surface area contributed by atoms with E-state index in [1.165, 1.54) is 0 Å². The maximum atomic E-state index is 12.8. The average molecular weight is 342 g/mol. The topological polar surface area (TPSA) is 82.6 Å². The smallest absolute Gasteiger partial charge is 0.255 e. The molecular formula is C18H22N4O3. The molecule has 3 aliphatic rings. The number of pyridine rings is 1. The van der Waals surface area contributed by atoms with Crippen LogP contribution in [-0.4, -0.2) is 65.2 Å². The van der Waals surface area contributed by atoms with E-state index in [1.54, 1.807) is 29.1 Å². The Bertz CT molecular complexity index is 725. The number of rotatable bonds is 4. The van der Waals surface area contributed by atoms with Gasteiger partial charge in [-0.3, -0.25) is 19.4 Å². The molecule has 0 radical (unpaired) electrons. The van der Waals surface area contributed by atoms with Crippen LogP contribution >= 0.6 is 0 Å². The van der Waals surface area contributed by atoms with Crippen LogP contribution in [0.1, 0.15) is 41.2 Å². The number of likely N-dealkylation sites (tertiary alicyclic amines) is 2. The summed E-state index contributed by atoms with van der Waals surface area (Å²) in [5, 5.41) is 2.60. The molecule has 1 unspecified atom stereocenters. The number of carbonyl (C=O) groups is 3. The lowest BCUT2D eigenvalue weighted by Crippen LogP contribution is -2.61. The number of amides is 3. The van der Waals surface area contributed by atoms with Crippen LogP contribution in [0.4, 0.5) is 0 Å². The van der Waals surface area contributed by atoms with Gasteiger partial charge in [0.1, 0.15) is 0 Å². The van der Waals surface area contributed by atoms with Crippen molar-refractivity contribution in [1.82, 2.24) is 20.1 Å². The quantitative estimate of drug-likeness (QED) is 0.857. The van der Waals surface area contributed by atoms with Crippen LogP contribution in [0.25, 0.3) is 0 Å². The Morgan fingerprint density at radius 2 is 2.00 bits per heavy atom.